The SMILES string of the molecule is CN(Cc1ccc(-c2ccn[nH]2)o1)C1CCSCC1. The van der Waals surface area contributed by atoms with Crippen molar-refractivity contribution in [2.75, 3.05) is 18.6 Å². The Bertz CT molecular complexity index is 503. The van der Waals surface area contributed by atoms with Crippen LogP contribution in [0.25, 0.3) is 11.5 Å². The van der Waals surface area contributed by atoms with Gasteiger partial charge < -0.3 is 4.42 Å². The second-order valence-electron chi connectivity index (χ2n) is 4.99. The van der Waals surface area contributed by atoms with Crippen molar-refractivity contribution in [1.29, 1.82) is 0 Å². The summed E-state index contributed by atoms with van der Waals surface area (Å²) in [5, 5.41) is 6.87. The van der Waals surface area contributed by atoms with Gasteiger partial charge in [-0.2, -0.15) is 16.9 Å². The molecule has 0 aromatic carbocycles. The number of H-pyrrole nitrogens is 1. The molecule has 0 bridgehead atoms. The van der Waals surface area contributed by atoms with E-state index >= 15 is 0 Å². The molecule has 0 unspecified atom stereocenters. The van der Waals surface area contributed by atoms with Gasteiger partial charge in [0.05, 0.1) is 6.54 Å². The molecule has 0 radical (unpaired) electrons. The molecule has 0 saturated carbocycles. The number of nitrogens with zero attached hydrogens (tertiary/aromatic N) is 2. The van der Waals surface area contributed by atoms with E-state index in [4.69, 9.17) is 4.42 Å². The van der Waals surface area contributed by atoms with Crippen LogP contribution in [0.2, 0.25) is 0 Å². The van der Waals surface area contributed by atoms with E-state index in [1.54, 1.807) is 6.20 Å². The Balaban J connectivity index is 1.63. The Morgan fingerprint density at radius 2 is 2.21 bits per heavy atom. The fourth-order valence-corrected chi connectivity index (χ4v) is 3.58. The number of aromatic amines is 1. The van der Waals surface area contributed by atoms with Crippen LogP contribution in [0, 0.1) is 0 Å². The third kappa shape index (κ3) is 3.04. The topological polar surface area (TPSA) is 45.1 Å². The zero-order valence-electron chi connectivity index (χ0n) is 11.1. The number of thioether (sulfide) groups is 1. The third-order valence-corrected chi connectivity index (χ3v) is 4.70. The van der Waals surface area contributed by atoms with E-state index in [0.29, 0.717) is 6.04 Å². The standard InChI is InChI=1S/C14H19N3OS/c1-17(11-5-8-19-9-6-11)10-12-2-3-14(18-12)13-4-7-15-16-13/h2-4,7,11H,5-6,8-10H2,1H3,(H,15,16). The zero-order valence-corrected chi connectivity index (χ0v) is 11.9. The summed E-state index contributed by atoms with van der Waals surface area (Å²) in [5.74, 6) is 4.45. The van der Waals surface area contributed by atoms with Crippen LogP contribution in [0.4, 0.5) is 0 Å². The van der Waals surface area contributed by atoms with Crippen molar-refractivity contribution in [3.63, 3.8) is 0 Å². The molecule has 1 fully saturated rings. The van der Waals surface area contributed by atoms with Crippen LogP contribution in [0.1, 0.15) is 18.6 Å². The summed E-state index contributed by atoms with van der Waals surface area (Å²) in [6.45, 7) is 0.878. The molecular weight excluding hydrogens is 258 g/mol. The molecule has 1 saturated heterocycles. The Hall–Kier alpha value is -1.20. The Kier molecular flexibility index (Phi) is 3.94. The van der Waals surface area contributed by atoms with Crippen LogP contribution in [-0.4, -0.2) is 39.7 Å². The van der Waals surface area contributed by atoms with E-state index < -0.39 is 0 Å². The smallest absolute Gasteiger partial charge is 0.152 e. The molecule has 102 valence electrons. The molecule has 0 spiro atoms. The lowest BCUT2D eigenvalue weighted by Gasteiger charge is -2.30. The van der Waals surface area contributed by atoms with Crippen molar-refractivity contribution < 1.29 is 4.42 Å². The maximum Gasteiger partial charge on any atom is 0.152 e. The van der Waals surface area contributed by atoms with Crippen LogP contribution < -0.4 is 0 Å². The van der Waals surface area contributed by atoms with E-state index in [0.717, 1.165) is 23.8 Å². The molecule has 0 amide bonds. The van der Waals surface area contributed by atoms with Gasteiger partial charge in [0, 0.05) is 12.2 Å². The lowest BCUT2D eigenvalue weighted by molar-refractivity contribution is 0.206. The molecule has 5 heteroatoms. The Morgan fingerprint density at radius 3 is 2.95 bits per heavy atom. The predicted molar refractivity (Wildman–Crippen MR) is 78.1 cm³/mol. The molecule has 1 aliphatic rings. The lowest BCUT2D eigenvalue weighted by Crippen LogP contribution is -2.34. The minimum absolute atomic E-state index is 0.696. The van der Waals surface area contributed by atoms with Gasteiger partial charge in [-0.1, -0.05) is 0 Å². The number of aromatic nitrogens is 2. The van der Waals surface area contributed by atoms with Crippen LogP contribution in [-0.2, 0) is 6.54 Å². The van der Waals surface area contributed by atoms with E-state index in [-0.39, 0.29) is 0 Å². The van der Waals surface area contributed by atoms with Crippen molar-refractivity contribution in [1.82, 2.24) is 15.1 Å². The molecule has 2 aromatic rings. The summed E-state index contributed by atoms with van der Waals surface area (Å²) in [6.07, 6.45) is 4.31. The molecule has 3 heterocycles. The maximum absolute atomic E-state index is 5.87. The zero-order chi connectivity index (χ0) is 13.1. The number of rotatable bonds is 4. The average molecular weight is 277 g/mol. The van der Waals surface area contributed by atoms with Crippen molar-refractivity contribution >= 4 is 11.8 Å². The van der Waals surface area contributed by atoms with Gasteiger partial charge in [-0.25, -0.2) is 0 Å². The molecule has 3 rings (SSSR count). The van der Waals surface area contributed by atoms with Gasteiger partial charge in [0.1, 0.15) is 11.5 Å². The second-order valence-corrected chi connectivity index (χ2v) is 6.22. The van der Waals surface area contributed by atoms with Gasteiger partial charge in [0.25, 0.3) is 0 Å². The summed E-state index contributed by atoms with van der Waals surface area (Å²) in [6, 6.07) is 6.68. The predicted octanol–water partition coefficient (Wildman–Crippen LogP) is 3.00. The molecule has 0 aliphatic carbocycles. The molecule has 1 N–H and O–H groups in total. The molecule has 0 atom stereocenters. The van der Waals surface area contributed by atoms with E-state index in [2.05, 4.69) is 40.0 Å². The largest absolute Gasteiger partial charge is 0.458 e. The number of hydrogen-bond donors (Lipinski definition) is 1. The first-order chi connectivity index (χ1) is 9.33. The van der Waals surface area contributed by atoms with E-state index in [9.17, 15) is 0 Å². The maximum atomic E-state index is 5.87. The first-order valence-electron chi connectivity index (χ1n) is 6.69. The normalized spacial score (nSPS) is 17.2. The second kappa shape index (κ2) is 5.84. The highest BCUT2D eigenvalue weighted by molar-refractivity contribution is 7.99. The average Bonchev–Trinajstić information content (AvgIpc) is 3.10. The minimum Gasteiger partial charge on any atom is -0.458 e. The van der Waals surface area contributed by atoms with Gasteiger partial charge in [-0.3, -0.25) is 10.00 Å². The fraction of sp³-hybridized carbons (Fsp3) is 0.500. The highest BCUT2D eigenvalue weighted by Gasteiger charge is 2.19. The molecular formula is C14H19N3OS. The number of furan rings is 1. The Labute approximate surface area is 117 Å². The molecule has 1 aliphatic heterocycles. The van der Waals surface area contributed by atoms with E-state index in [1.807, 2.05) is 12.1 Å². The third-order valence-electron chi connectivity index (χ3n) is 3.65. The Morgan fingerprint density at radius 1 is 1.37 bits per heavy atom. The molecule has 19 heavy (non-hydrogen) atoms. The monoisotopic (exact) mass is 277 g/mol. The van der Waals surface area contributed by atoms with Crippen LogP contribution in [0.5, 0.6) is 0 Å². The summed E-state index contributed by atoms with van der Waals surface area (Å²) >= 11 is 2.06. The van der Waals surface area contributed by atoms with Gasteiger partial charge in [0.2, 0.25) is 0 Å². The quantitative estimate of drug-likeness (QED) is 0.933. The first kappa shape index (κ1) is 12.8. The van der Waals surface area contributed by atoms with Crippen LogP contribution in [0.15, 0.2) is 28.8 Å². The lowest BCUT2D eigenvalue weighted by atomic mass is 10.1. The molecule has 2 aromatic heterocycles. The van der Waals surface area contributed by atoms with Crippen LogP contribution >= 0.6 is 11.8 Å². The highest BCUT2D eigenvalue weighted by Crippen LogP contribution is 2.24. The van der Waals surface area contributed by atoms with E-state index in [1.165, 1.54) is 24.3 Å². The highest BCUT2D eigenvalue weighted by atomic mass is 32.2. The van der Waals surface area contributed by atoms with Gasteiger partial charge in [-0.15, -0.1) is 0 Å². The van der Waals surface area contributed by atoms with Crippen molar-refractivity contribution in [3.05, 3.63) is 30.2 Å². The van der Waals surface area contributed by atoms with Gasteiger partial charge in [-0.05, 0) is 49.6 Å². The number of hydrogen-bond acceptors (Lipinski definition) is 4. The van der Waals surface area contributed by atoms with Crippen molar-refractivity contribution in [3.8, 4) is 11.5 Å². The van der Waals surface area contributed by atoms with Crippen molar-refractivity contribution in [2.24, 2.45) is 0 Å². The first-order valence-corrected chi connectivity index (χ1v) is 7.85. The minimum atomic E-state index is 0.696. The summed E-state index contributed by atoms with van der Waals surface area (Å²) in [7, 11) is 2.19. The summed E-state index contributed by atoms with van der Waals surface area (Å²) < 4.78 is 5.87. The molecule has 4 nitrogen and oxygen atoms in total. The van der Waals surface area contributed by atoms with Crippen LogP contribution in [0.3, 0.4) is 0 Å². The van der Waals surface area contributed by atoms with Gasteiger partial charge in [0.15, 0.2) is 5.76 Å². The summed E-state index contributed by atoms with van der Waals surface area (Å²) in [5.41, 5.74) is 0.933. The van der Waals surface area contributed by atoms with Crippen molar-refractivity contribution in [2.45, 2.75) is 25.4 Å². The van der Waals surface area contributed by atoms with Gasteiger partial charge >= 0.3 is 0 Å². The fourth-order valence-electron chi connectivity index (χ4n) is 2.50. The number of nitrogens with one attached hydrogen (secondary N) is 1. The summed E-state index contributed by atoms with van der Waals surface area (Å²) in [4.78, 5) is 2.41.